The number of hydrogen-bond acceptors (Lipinski definition) is 5. The van der Waals surface area contributed by atoms with Gasteiger partial charge in [0.05, 0.1) is 25.3 Å². The first-order chi connectivity index (χ1) is 12.3. The lowest BCUT2D eigenvalue weighted by atomic mass is 10.0. The normalized spacial score (nSPS) is 17.4. The first-order valence-electron chi connectivity index (χ1n) is 8.91. The number of aryl methyl sites for hydroxylation is 2. The number of ether oxygens (including phenoxy) is 1. The average Bonchev–Trinajstić information content (AvgIpc) is 3.24. The fourth-order valence-electron chi connectivity index (χ4n) is 3.51. The SMILES string of the molecule is O=C(Cc1ccc2c(c1)CCC2)Nc1nc(CN2CCOCC2)cs1. The first-order valence-corrected chi connectivity index (χ1v) is 9.79. The molecular weight excluding hydrogens is 334 g/mol. The maximum absolute atomic E-state index is 12.3. The van der Waals surface area contributed by atoms with Gasteiger partial charge in [0.25, 0.3) is 0 Å². The van der Waals surface area contributed by atoms with Crippen LogP contribution in [0.3, 0.4) is 0 Å². The van der Waals surface area contributed by atoms with Crippen molar-refractivity contribution in [3.05, 3.63) is 46.0 Å². The Kier molecular flexibility index (Phi) is 5.10. The van der Waals surface area contributed by atoms with Crippen molar-refractivity contribution in [2.45, 2.75) is 32.2 Å². The predicted octanol–water partition coefficient (Wildman–Crippen LogP) is 2.65. The highest BCUT2D eigenvalue weighted by Crippen LogP contribution is 2.23. The van der Waals surface area contributed by atoms with Gasteiger partial charge in [-0.15, -0.1) is 11.3 Å². The summed E-state index contributed by atoms with van der Waals surface area (Å²) >= 11 is 1.50. The third-order valence-corrected chi connectivity index (χ3v) is 5.62. The molecule has 1 aromatic carbocycles. The summed E-state index contributed by atoms with van der Waals surface area (Å²) in [4.78, 5) is 19.2. The number of nitrogens with one attached hydrogen (secondary N) is 1. The Bertz CT molecular complexity index is 753. The van der Waals surface area contributed by atoms with Crippen LogP contribution in [0.15, 0.2) is 23.6 Å². The number of carbonyl (C=O) groups excluding carboxylic acids is 1. The lowest BCUT2D eigenvalue weighted by Crippen LogP contribution is -2.35. The van der Waals surface area contributed by atoms with Crippen molar-refractivity contribution in [3.63, 3.8) is 0 Å². The smallest absolute Gasteiger partial charge is 0.230 e. The molecule has 0 unspecified atom stereocenters. The largest absolute Gasteiger partial charge is 0.379 e. The minimum absolute atomic E-state index is 0.00483. The highest BCUT2D eigenvalue weighted by molar-refractivity contribution is 7.13. The van der Waals surface area contributed by atoms with E-state index in [0.717, 1.165) is 50.5 Å². The number of carbonyl (C=O) groups is 1. The number of morpholine rings is 1. The standard InChI is InChI=1S/C19H23N3O2S/c23-18(11-14-4-5-15-2-1-3-16(15)10-14)21-19-20-17(13-25-19)12-22-6-8-24-9-7-22/h4-5,10,13H,1-3,6-9,11-12H2,(H,20,21,23). The van der Waals surface area contributed by atoms with Crippen LogP contribution >= 0.6 is 11.3 Å². The van der Waals surface area contributed by atoms with Gasteiger partial charge in [-0.05, 0) is 36.0 Å². The van der Waals surface area contributed by atoms with Crippen LogP contribution in [0.1, 0.15) is 28.8 Å². The Hall–Kier alpha value is -1.76. The number of nitrogens with zero attached hydrogens (tertiary/aromatic N) is 2. The van der Waals surface area contributed by atoms with Crippen LogP contribution in [-0.2, 0) is 35.3 Å². The van der Waals surface area contributed by atoms with Gasteiger partial charge < -0.3 is 10.1 Å². The Balaban J connectivity index is 1.32. The van der Waals surface area contributed by atoms with E-state index in [2.05, 4.69) is 33.4 Å². The van der Waals surface area contributed by atoms with Crippen LogP contribution in [0.5, 0.6) is 0 Å². The van der Waals surface area contributed by atoms with E-state index in [-0.39, 0.29) is 5.91 Å². The molecule has 0 atom stereocenters. The molecule has 4 rings (SSSR count). The maximum Gasteiger partial charge on any atom is 0.230 e. The van der Waals surface area contributed by atoms with Crippen LogP contribution < -0.4 is 5.32 Å². The van der Waals surface area contributed by atoms with Gasteiger partial charge in [0.2, 0.25) is 5.91 Å². The van der Waals surface area contributed by atoms with E-state index < -0.39 is 0 Å². The third kappa shape index (κ3) is 4.26. The van der Waals surface area contributed by atoms with E-state index in [4.69, 9.17) is 4.74 Å². The van der Waals surface area contributed by atoms with Gasteiger partial charge in [-0.3, -0.25) is 9.69 Å². The number of amides is 1. The molecule has 1 aliphatic carbocycles. The molecule has 25 heavy (non-hydrogen) atoms. The molecule has 0 radical (unpaired) electrons. The topological polar surface area (TPSA) is 54.5 Å². The van der Waals surface area contributed by atoms with Gasteiger partial charge in [0.1, 0.15) is 0 Å². The summed E-state index contributed by atoms with van der Waals surface area (Å²) in [6.07, 6.45) is 3.96. The van der Waals surface area contributed by atoms with Crippen LogP contribution in [-0.4, -0.2) is 42.1 Å². The highest BCUT2D eigenvalue weighted by atomic mass is 32.1. The third-order valence-electron chi connectivity index (χ3n) is 4.81. The molecular formula is C19H23N3O2S. The molecule has 2 aromatic rings. The summed E-state index contributed by atoms with van der Waals surface area (Å²) in [5, 5.41) is 5.66. The number of hydrogen-bond donors (Lipinski definition) is 1. The molecule has 1 amide bonds. The number of thiazole rings is 1. The van der Waals surface area contributed by atoms with Gasteiger partial charge in [-0.2, -0.15) is 0 Å². The molecule has 2 heterocycles. The molecule has 0 spiro atoms. The van der Waals surface area contributed by atoms with Crippen molar-refractivity contribution >= 4 is 22.4 Å². The summed E-state index contributed by atoms with van der Waals surface area (Å²) in [7, 11) is 0. The minimum atomic E-state index is 0.00483. The predicted molar refractivity (Wildman–Crippen MR) is 99.0 cm³/mol. The Morgan fingerprint density at radius 3 is 2.96 bits per heavy atom. The molecule has 0 saturated carbocycles. The van der Waals surface area contributed by atoms with Crippen molar-refractivity contribution in [2.75, 3.05) is 31.6 Å². The van der Waals surface area contributed by atoms with Crippen molar-refractivity contribution in [3.8, 4) is 0 Å². The lowest BCUT2D eigenvalue weighted by molar-refractivity contribution is -0.115. The molecule has 1 aromatic heterocycles. The summed E-state index contributed by atoms with van der Waals surface area (Å²) in [6.45, 7) is 4.28. The average molecular weight is 357 g/mol. The van der Waals surface area contributed by atoms with Crippen LogP contribution in [0, 0.1) is 0 Å². The van der Waals surface area contributed by atoms with Gasteiger partial charge >= 0.3 is 0 Å². The number of aromatic nitrogens is 1. The van der Waals surface area contributed by atoms with E-state index in [1.54, 1.807) is 0 Å². The second-order valence-corrected chi connectivity index (χ2v) is 7.57. The number of anilines is 1. The Labute approximate surface area is 152 Å². The number of rotatable bonds is 5. The van der Waals surface area contributed by atoms with Gasteiger partial charge in [-0.25, -0.2) is 4.98 Å². The minimum Gasteiger partial charge on any atom is -0.379 e. The van der Waals surface area contributed by atoms with Crippen LogP contribution in [0.2, 0.25) is 0 Å². The first kappa shape index (κ1) is 16.7. The molecule has 132 valence electrons. The summed E-state index contributed by atoms with van der Waals surface area (Å²) < 4.78 is 5.36. The quantitative estimate of drug-likeness (QED) is 0.894. The van der Waals surface area contributed by atoms with Crippen LogP contribution in [0.4, 0.5) is 5.13 Å². The molecule has 0 bridgehead atoms. The van der Waals surface area contributed by atoms with Crippen molar-refractivity contribution in [2.24, 2.45) is 0 Å². The second-order valence-electron chi connectivity index (χ2n) is 6.71. The zero-order chi connectivity index (χ0) is 17.1. The zero-order valence-corrected chi connectivity index (χ0v) is 15.1. The van der Waals surface area contributed by atoms with E-state index in [1.165, 1.54) is 35.3 Å². The van der Waals surface area contributed by atoms with Gasteiger partial charge in [0.15, 0.2) is 5.13 Å². The molecule has 1 aliphatic heterocycles. The van der Waals surface area contributed by atoms with Crippen molar-refractivity contribution in [1.82, 2.24) is 9.88 Å². The molecule has 1 N–H and O–H groups in total. The van der Waals surface area contributed by atoms with E-state index in [9.17, 15) is 4.79 Å². The highest BCUT2D eigenvalue weighted by Gasteiger charge is 2.15. The monoisotopic (exact) mass is 357 g/mol. The van der Waals surface area contributed by atoms with E-state index in [0.29, 0.717) is 11.6 Å². The summed E-state index contributed by atoms with van der Waals surface area (Å²) in [5.41, 5.74) is 4.95. The Morgan fingerprint density at radius 1 is 1.24 bits per heavy atom. The molecule has 1 fully saturated rings. The lowest BCUT2D eigenvalue weighted by Gasteiger charge is -2.25. The molecule has 5 nitrogen and oxygen atoms in total. The summed E-state index contributed by atoms with van der Waals surface area (Å²) in [6, 6.07) is 6.44. The van der Waals surface area contributed by atoms with E-state index in [1.807, 2.05) is 5.38 Å². The van der Waals surface area contributed by atoms with Crippen molar-refractivity contribution < 1.29 is 9.53 Å². The fourth-order valence-corrected chi connectivity index (χ4v) is 4.23. The molecule has 1 saturated heterocycles. The molecule has 6 heteroatoms. The van der Waals surface area contributed by atoms with Crippen LogP contribution in [0.25, 0.3) is 0 Å². The summed E-state index contributed by atoms with van der Waals surface area (Å²) in [5.74, 6) is 0.00483. The van der Waals surface area contributed by atoms with Crippen molar-refractivity contribution in [1.29, 1.82) is 0 Å². The number of benzene rings is 1. The molecule has 2 aliphatic rings. The number of fused-ring (bicyclic) bond motifs is 1. The van der Waals surface area contributed by atoms with Gasteiger partial charge in [0, 0.05) is 25.0 Å². The fraction of sp³-hybridized carbons (Fsp3) is 0.474. The zero-order valence-electron chi connectivity index (χ0n) is 14.3. The van der Waals surface area contributed by atoms with Gasteiger partial charge in [-0.1, -0.05) is 18.2 Å². The Morgan fingerprint density at radius 2 is 2.08 bits per heavy atom. The maximum atomic E-state index is 12.3. The van der Waals surface area contributed by atoms with E-state index >= 15 is 0 Å². The second kappa shape index (κ2) is 7.64.